The molecule has 52 valence electrons. The monoisotopic (exact) mass is 156 g/mol. The molecule has 0 fully saturated rings. The Hall–Kier alpha value is -1.10. The Morgan fingerprint density at radius 2 is 2.10 bits per heavy atom. The third-order valence-electron chi connectivity index (χ3n) is 0.721. The van der Waals surface area contributed by atoms with Gasteiger partial charge >= 0.3 is 11.3 Å². The molecule has 10 heavy (non-hydrogen) atoms. The highest BCUT2D eigenvalue weighted by molar-refractivity contribution is 7.96. The van der Waals surface area contributed by atoms with Crippen LogP contribution in [0.1, 0.15) is 0 Å². The summed E-state index contributed by atoms with van der Waals surface area (Å²) in [5.74, 6) is 0. The zero-order valence-electron chi connectivity index (χ0n) is 4.89. The molecular weight excluding hydrogens is 152 g/mol. The van der Waals surface area contributed by atoms with E-state index in [1.54, 1.807) is 6.07 Å². The summed E-state index contributed by atoms with van der Waals surface area (Å²) in [5.41, 5.74) is 0. The minimum atomic E-state index is -0.716. The molecule has 0 saturated heterocycles. The van der Waals surface area contributed by atoms with Crippen LogP contribution in [0.4, 0.5) is 4.79 Å². The van der Waals surface area contributed by atoms with Gasteiger partial charge in [0.25, 0.3) is 0 Å². The van der Waals surface area contributed by atoms with Gasteiger partial charge in [0.2, 0.25) is 0 Å². The Labute approximate surface area is 62.7 Å². The van der Waals surface area contributed by atoms with Gasteiger partial charge in [-0.3, -0.25) is 0 Å². The second-order valence-electron chi connectivity index (χ2n) is 1.40. The molecule has 0 aliphatic carbocycles. The molecule has 0 aromatic carbocycles. The predicted molar refractivity (Wildman–Crippen MR) is 37.0 cm³/mol. The van der Waals surface area contributed by atoms with E-state index in [1.807, 2.05) is 0 Å². The lowest BCUT2D eigenvalue weighted by atomic mass is 10.7. The molecule has 0 saturated carbocycles. The van der Waals surface area contributed by atoms with Crippen LogP contribution in [0.3, 0.4) is 0 Å². The SMILES string of the molecule is O=C(S)Oc1ncccn1. The standard InChI is InChI=1S/C5H4N2O2S/c8-5(10)9-4-6-2-1-3-7-4/h1-3H,(H,8,10). The van der Waals surface area contributed by atoms with Crippen molar-refractivity contribution >= 4 is 17.9 Å². The summed E-state index contributed by atoms with van der Waals surface area (Å²) in [6.07, 6.45) is 2.94. The van der Waals surface area contributed by atoms with Gasteiger partial charge in [-0.15, -0.1) is 0 Å². The zero-order valence-corrected chi connectivity index (χ0v) is 5.78. The first-order chi connectivity index (χ1) is 4.79. The van der Waals surface area contributed by atoms with Crippen LogP contribution in [0, 0.1) is 0 Å². The van der Waals surface area contributed by atoms with E-state index in [9.17, 15) is 4.79 Å². The van der Waals surface area contributed by atoms with Crippen molar-refractivity contribution in [2.24, 2.45) is 0 Å². The molecule has 0 aliphatic heterocycles. The van der Waals surface area contributed by atoms with Gasteiger partial charge in [0.05, 0.1) is 0 Å². The van der Waals surface area contributed by atoms with E-state index in [4.69, 9.17) is 0 Å². The van der Waals surface area contributed by atoms with E-state index in [-0.39, 0.29) is 6.01 Å². The molecule has 0 N–H and O–H groups in total. The van der Waals surface area contributed by atoms with Crippen molar-refractivity contribution in [2.45, 2.75) is 0 Å². The summed E-state index contributed by atoms with van der Waals surface area (Å²) < 4.78 is 4.42. The summed E-state index contributed by atoms with van der Waals surface area (Å²) >= 11 is 3.37. The van der Waals surface area contributed by atoms with Crippen molar-refractivity contribution in [1.29, 1.82) is 0 Å². The van der Waals surface area contributed by atoms with Gasteiger partial charge in [0.15, 0.2) is 0 Å². The summed E-state index contributed by atoms with van der Waals surface area (Å²) in [4.78, 5) is 17.4. The number of carbonyl (C=O) groups is 1. The van der Waals surface area contributed by atoms with Crippen LogP contribution >= 0.6 is 12.6 Å². The molecule has 0 atom stereocenters. The van der Waals surface area contributed by atoms with Crippen molar-refractivity contribution in [3.8, 4) is 6.01 Å². The van der Waals surface area contributed by atoms with Crippen molar-refractivity contribution < 1.29 is 9.53 Å². The molecule has 1 aromatic rings. The van der Waals surface area contributed by atoms with Gasteiger partial charge < -0.3 is 4.74 Å². The minimum Gasteiger partial charge on any atom is -0.383 e. The van der Waals surface area contributed by atoms with E-state index in [2.05, 4.69) is 27.3 Å². The number of rotatable bonds is 1. The highest BCUT2D eigenvalue weighted by Crippen LogP contribution is 1.98. The number of hydrogen-bond donors (Lipinski definition) is 1. The van der Waals surface area contributed by atoms with Gasteiger partial charge in [-0.25, -0.2) is 14.8 Å². The average molecular weight is 156 g/mol. The van der Waals surface area contributed by atoms with E-state index >= 15 is 0 Å². The summed E-state index contributed by atoms with van der Waals surface area (Å²) in [7, 11) is 0. The van der Waals surface area contributed by atoms with Crippen LogP contribution in [0.5, 0.6) is 6.01 Å². The second kappa shape index (κ2) is 3.17. The van der Waals surface area contributed by atoms with Crippen LogP contribution in [-0.2, 0) is 0 Å². The lowest BCUT2D eigenvalue weighted by Gasteiger charge is -1.93. The van der Waals surface area contributed by atoms with Crippen LogP contribution in [0.2, 0.25) is 0 Å². The Balaban J connectivity index is 2.67. The molecule has 1 rings (SSSR count). The third-order valence-corrected chi connectivity index (χ3v) is 0.812. The Morgan fingerprint density at radius 1 is 1.50 bits per heavy atom. The molecule has 0 unspecified atom stereocenters. The molecule has 0 bridgehead atoms. The molecule has 4 nitrogen and oxygen atoms in total. The fourth-order valence-electron chi connectivity index (χ4n) is 0.416. The maximum atomic E-state index is 10.2. The average Bonchev–Trinajstić information content (AvgIpc) is 1.88. The quantitative estimate of drug-likeness (QED) is 0.485. The number of carbonyl (C=O) groups excluding carboxylic acids is 1. The fourth-order valence-corrected chi connectivity index (χ4v) is 0.498. The van der Waals surface area contributed by atoms with Gasteiger partial charge in [-0.05, 0) is 6.07 Å². The minimum absolute atomic E-state index is 0.0162. The van der Waals surface area contributed by atoms with E-state index in [1.165, 1.54) is 12.4 Å². The molecule has 5 heteroatoms. The van der Waals surface area contributed by atoms with Crippen molar-refractivity contribution in [2.75, 3.05) is 0 Å². The topological polar surface area (TPSA) is 52.1 Å². The molecule has 0 amide bonds. The van der Waals surface area contributed by atoms with Crippen LogP contribution in [0.15, 0.2) is 18.5 Å². The summed E-state index contributed by atoms with van der Waals surface area (Å²) in [5, 5.41) is -0.716. The van der Waals surface area contributed by atoms with Crippen LogP contribution < -0.4 is 4.74 Å². The highest BCUT2D eigenvalue weighted by Gasteiger charge is 1.97. The van der Waals surface area contributed by atoms with Crippen molar-refractivity contribution in [3.05, 3.63) is 18.5 Å². The maximum Gasteiger partial charge on any atom is 0.372 e. The Bertz CT molecular complexity index is 226. The molecular formula is C5H4N2O2S. The van der Waals surface area contributed by atoms with Crippen molar-refractivity contribution in [3.63, 3.8) is 0 Å². The first kappa shape index (κ1) is 7.01. The largest absolute Gasteiger partial charge is 0.383 e. The van der Waals surface area contributed by atoms with Gasteiger partial charge in [-0.2, -0.15) is 0 Å². The maximum absolute atomic E-state index is 10.2. The number of ether oxygens (including phenoxy) is 1. The second-order valence-corrected chi connectivity index (χ2v) is 1.76. The molecule has 0 radical (unpaired) electrons. The van der Waals surface area contributed by atoms with Crippen LogP contribution in [-0.4, -0.2) is 15.3 Å². The lowest BCUT2D eigenvalue weighted by molar-refractivity contribution is 0.224. The summed E-state index contributed by atoms with van der Waals surface area (Å²) in [6.45, 7) is 0. The molecule has 1 heterocycles. The number of thiol groups is 1. The van der Waals surface area contributed by atoms with E-state index in [0.717, 1.165) is 0 Å². The highest BCUT2D eigenvalue weighted by atomic mass is 32.1. The van der Waals surface area contributed by atoms with Crippen LogP contribution in [0.25, 0.3) is 0 Å². The number of nitrogens with zero attached hydrogens (tertiary/aromatic N) is 2. The molecule has 0 spiro atoms. The van der Waals surface area contributed by atoms with Gasteiger partial charge in [0.1, 0.15) is 0 Å². The zero-order chi connectivity index (χ0) is 7.40. The lowest BCUT2D eigenvalue weighted by Crippen LogP contribution is -1.99. The summed E-state index contributed by atoms with van der Waals surface area (Å²) in [6, 6.07) is 1.64. The number of hydrogen-bond acceptors (Lipinski definition) is 4. The Morgan fingerprint density at radius 3 is 2.60 bits per heavy atom. The number of aromatic nitrogens is 2. The predicted octanol–water partition coefficient (Wildman–Crippen LogP) is 0.905. The van der Waals surface area contributed by atoms with Crippen molar-refractivity contribution in [1.82, 2.24) is 9.97 Å². The first-order valence-electron chi connectivity index (χ1n) is 2.47. The smallest absolute Gasteiger partial charge is 0.372 e. The third kappa shape index (κ3) is 2.02. The van der Waals surface area contributed by atoms with Gasteiger partial charge in [0, 0.05) is 12.4 Å². The van der Waals surface area contributed by atoms with Gasteiger partial charge in [-0.1, -0.05) is 12.6 Å². The van der Waals surface area contributed by atoms with E-state index < -0.39 is 5.30 Å². The normalized spacial score (nSPS) is 8.90. The fraction of sp³-hybridized carbons (Fsp3) is 0. The molecule has 0 aliphatic rings. The first-order valence-corrected chi connectivity index (χ1v) is 2.91. The van der Waals surface area contributed by atoms with E-state index in [0.29, 0.717) is 0 Å². The molecule has 1 aromatic heterocycles. The Kier molecular flexibility index (Phi) is 2.22.